The lowest BCUT2D eigenvalue weighted by Crippen LogP contribution is -2.23. The van der Waals surface area contributed by atoms with Gasteiger partial charge < -0.3 is 5.32 Å². The van der Waals surface area contributed by atoms with Crippen LogP contribution in [0.15, 0.2) is 119 Å². The Morgan fingerprint density at radius 2 is 1.64 bits per heavy atom. The van der Waals surface area contributed by atoms with Gasteiger partial charge in [0, 0.05) is 29.7 Å². The zero-order chi connectivity index (χ0) is 25.4. The van der Waals surface area contributed by atoms with Crippen LogP contribution in [0, 0.1) is 0 Å². The van der Waals surface area contributed by atoms with Crippen molar-refractivity contribution in [2.24, 2.45) is 0 Å². The van der Waals surface area contributed by atoms with E-state index in [-0.39, 0.29) is 17.3 Å². The first-order chi connectivity index (χ1) is 17.4. The van der Waals surface area contributed by atoms with Crippen LogP contribution < -0.4 is 10.0 Å². The number of nitrogens with one attached hydrogen (secondary N) is 2. The van der Waals surface area contributed by atoms with Crippen LogP contribution in [-0.2, 0) is 27.8 Å². The molecule has 0 spiro atoms. The highest BCUT2D eigenvalue weighted by atomic mass is 32.2. The number of hydrogen-bond donors (Lipinski definition) is 2. The number of anilines is 1. The van der Waals surface area contributed by atoms with E-state index in [1.165, 1.54) is 17.8 Å². The molecule has 0 aliphatic heterocycles. The molecule has 182 valence electrons. The van der Waals surface area contributed by atoms with Gasteiger partial charge in [0.1, 0.15) is 10.9 Å². The number of sulfonamides is 1. The Morgan fingerprint density at radius 3 is 2.33 bits per heavy atom. The summed E-state index contributed by atoms with van der Waals surface area (Å²) in [5.74, 6) is 0.373. The van der Waals surface area contributed by atoms with Crippen LogP contribution in [-0.4, -0.2) is 24.3 Å². The van der Waals surface area contributed by atoms with Gasteiger partial charge >= 0.3 is 0 Å². The third kappa shape index (κ3) is 7.11. The monoisotopic (exact) mass is 516 g/mol. The van der Waals surface area contributed by atoms with Crippen LogP contribution in [0.5, 0.6) is 0 Å². The van der Waals surface area contributed by atoms with Crippen LogP contribution in [0.3, 0.4) is 0 Å². The zero-order valence-electron chi connectivity index (χ0n) is 19.3. The molecule has 4 rings (SSSR count). The highest BCUT2D eigenvalue weighted by Crippen LogP contribution is 2.27. The number of rotatable bonds is 10. The van der Waals surface area contributed by atoms with Crippen LogP contribution >= 0.6 is 11.8 Å². The highest BCUT2D eigenvalue weighted by molar-refractivity contribution is 7.99. The summed E-state index contributed by atoms with van der Waals surface area (Å²) in [4.78, 5) is 21.6. The Morgan fingerprint density at radius 1 is 0.917 bits per heavy atom. The average molecular weight is 517 g/mol. The maximum atomic E-state index is 12.6. The SMILES string of the molecule is C=CC(=O)Nc1ccc(Sc2ccnc(Cc3ccc(S(=O)(=O)NCc4ccccc4)cc3)n2)cc1. The minimum Gasteiger partial charge on any atom is -0.323 e. The van der Waals surface area contributed by atoms with Crippen molar-refractivity contribution < 1.29 is 13.2 Å². The number of hydrogen-bond acceptors (Lipinski definition) is 6. The lowest BCUT2D eigenvalue weighted by Gasteiger charge is -2.08. The summed E-state index contributed by atoms with van der Waals surface area (Å²) in [7, 11) is -3.61. The molecule has 1 heterocycles. The lowest BCUT2D eigenvalue weighted by atomic mass is 10.1. The molecule has 0 unspecified atom stereocenters. The van der Waals surface area contributed by atoms with E-state index in [2.05, 4.69) is 26.6 Å². The van der Waals surface area contributed by atoms with Gasteiger partial charge in [-0.25, -0.2) is 23.1 Å². The predicted octanol–water partition coefficient (Wildman–Crippen LogP) is 4.82. The van der Waals surface area contributed by atoms with E-state index in [9.17, 15) is 13.2 Å². The molecule has 9 heteroatoms. The number of benzene rings is 3. The lowest BCUT2D eigenvalue weighted by molar-refractivity contribution is -0.111. The van der Waals surface area contributed by atoms with E-state index in [0.717, 1.165) is 21.0 Å². The summed E-state index contributed by atoms with van der Waals surface area (Å²) in [5, 5.41) is 3.50. The van der Waals surface area contributed by atoms with Crippen molar-refractivity contribution in [3.8, 4) is 0 Å². The molecule has 7 nitrogen and oxygen atoms in total. The fourth-order valence-electron chi connectivity index (χ4n) is 3.27. The van der Waals surface area contributed by atoms with E-state index < -0.39 is 10.0 Å². The first-order valence-electron chi connectivity index (χ1n) is 11.1. The zero-order valence-corrected chi connectivity index (χ0v) is 20.9. The molecule has 0 atom stereocenters. The molecule has 36 heavy (non-hydrogen) atoms. The van der Waals surface area contributed by atoms with Gasteiger partial charge in [-0.05, 0) is 59.7 Å². The normalized spacial score (nSPS) is 11.1. The van der Waals surface area contributed by atoms with Crippen molar-refractivity contribution >= 4 is 33.4 Å². The molecule has 0 aliphatic rings. The van der Waals surface area contributed by atoms with E-state index in [1.54, 1.807) is 30.5 Å². The molecule has 3 aromatic carbocycles. The fourth-order valence-corrected chi connectivity index (χ4v) is 5.08. The average Bonchev–Trinajstić information content (AvgIpc) is 2.90. The summed E-state index contributed by atoms with van der Waals surface area (Å²) >= 11 is 1.48. The number of nitrogens with zero attached hydrogens (tertiary/aromatic N) is 2. The van der Waals surface area contributed by atoms with Crippen molar-refractivity contribution in [2.45, 2.75) is 27.8 Å². The number of carbonyl (C=O) groups excluding carboxylic acids is 1. The van der Waals surface area contributed by atoms with Gasteiger partial charge in [0.2, 0.25) is 15.9 Å². The van der Waals surface area contributed by atoms with Crippen molar-refractivity contribution in [2.75, 3.05) is 5.32 Å². The molecule has 0 saturated carbocycles. The summed E-state index contributed by atoms with van der Waals surface area (Å²) in [6.07, 6.45) is 3.40. The smallest absolute Gasteiger partial charge is 0.247 e. The molecule has 0 saturated heterocycles. The molecule has 4 aromatic rings. The second kappa shape index (κ2) is 11.8. The topological polar surface area (TPSA) is 101 Å². The predicted molar refractivity (Wildman–Crippen MR) is 141 cm³/mol. The van der Waals surface area contributed by atoms with Gasteiger partial charge in [-0.2, -0.15) is 0 Å². The first kappa shape index (κ1) is 25.3. The molecule has 0 radical (unpaired) electrons. The Bertz CT molecular complexity index is 1440. The summed E-state index contributed by atoms with van der Waals surface area (Å²) in [6, 6.07) is 25.4. The third-order valence-corrected chi connectivity index (χ3v) is 7.48. The Labute approximate surface area is 214 Å². The highest BCUT2D eigenvalue weighted by Gasteiger charge is 2.14. The van der Waals surface area contributed by atoms with Crippen LogP contribution in [0.1, 0.15) is 17.0 Å². The number of aromatic nitrogens is 2. The van der Waals surface area contributed by atoms with Gasteiger partial charge in [0.05, 0.1) is 4.90 Å². The van der Waals surface area contributed by atoms with Crippen LogP contribution in [0.25, 0.3) is 0 Å². The quantitative estimate of drug-likeness (QED) is 0.231. The first-order valence-corrected chi connectivity index (χ1v) is 13.4. The van der Waals surface area contributed by atoms with E-state index in [4.69, 9.17) is 0 Å². The number of amides is 1. The second-order valence-corrected chi connectivity index (χ2v) is 10.6. The third-order valence-electron chi connectivity index (χ3n) is 5.11. The largest absolute Gasteiger partial charge is 0.323 e. The molecule has 0 bridgehead atoms. The van der Waals surface area contributed by atoms with Crippen LogP contribution in [0.2, 0.25) is 0 Å². The van der Waals surface area contributed by atoms with E-state index in [0.29, 0.717) is 17.9 Å². The van der Waals surface area contributed by atoms with Gasteiger partial charge in [-0.1, -0.05) is 60.8 Å². The number of carbonyl (C=O) groups is 1. The van der Waals surface area contributed by atoms with E-state index >= 15 is 0 Å². The summed E-state index contributed by atoms with van der Waals surface area (Å²) < 4.78 is 27.9. The Hall–Kier alpha value is -3.79. The molecule has 0 fully saturated rings. The summed E-state index contributed by atoms with van der Waals surface area (Å²) in [6.45, 7) is 3.67. The maximum Gasteiger partial charge on any atom is 0.247 e. The minimum atomic E-state index is -3.61. The van der Waals surface area contributed by atoms with Crippen molar-refractivity contribution in [3.63, 3.8) is 0 Å². The molecular formula is C27H24N4O3S2. The van der Waals surface area contributed by atoms with E-state index in [1.807, 2.05) is 60.7 Å². The standard InChI is InChI=1S/C27H24N4O3S2/c1-2-26(32)30-22-10-12-23(13-11-22)35-27-16-17-28-25(31-27)18-20-8-14-24(15-9-20)36(33,34)29-19-21-6-4-3-5-7-21/h2-17,29H,1,18-19H2,(H,30,32). The van der Waals surface area contributed by atoms with Crippen molar-refractivity contribution in [3.05, 3.63) is 121 Å². The fraction of sp³-hybridized carbons (Fsp3) is 0.0741. The molecule has 0 aliphatic carbocycles. The van der Waals surface area contributed by atoms with Crippen LogP contribution in [0.4, 0.5) is 5.69 Å². The van der Waals surface area contributed by atoms with Crippen molar-refractivity contribution in [1.82, 2.24) is 14.7 Å². The molecular weight excluding hydrogens is 492 g/mol. The van der Waals surface area contributed by atoms with Gasteiger partial charge in [-0.15, -0.1) is 0 Å². The van der Waals surface area contributed by atoms with Gasteiger partial charge in [-0.3, -0.25) is 4.79 Å². The minimum absolute atomic E-state index is 0.208. The molecule has 1 amide bonds. The maximum absolute atomic E-state index is 12.6. The van der Waals surface area contributed by atoms with Gasteiger partial charge in [0.15, 0.2) is 0 Å². The second-order valence-electron chi connectivity index (χ2n) is 7.76. The van der Waals surface area contributed by atoms with Crippen molar-refractivity contribution in [1.29, 1.82) is 0 Å². The Balaban J connectivity index is 1.37. The van der Waals surface area contributed by atoms with Gasteiger partial charge in [0.25, 0.3) is 0 Å². The molecule has 1 aromatic heterocycles. The Kier molecular flexibility index (Phi) is 8.27. The molecule has 2 N–H and O–H groups in total. The summed E-state index contributed by atoms with van der Waals surface area (Å²) in [5.41, 5.74) is 2.48.